The molecule has 0 bridgehead atoms. The van der Waals surface area contributed by atoms with Gasteiger partial charge in [-0.1, -0.05) is 29.8 Å². The lowest BCUT2D eigenvalue weighted by Crippen LogP contribution is -2.39. The maximum Gasteiger partial charge on any atom is 0.194 e. The molecule has 7 heteroatoms. The van der Waals surface area contributed by atoms with Gasteiger partial charge in [0, 0.05) is 38.0 Å². The summed E-state index contributed by atoms with van der Waals surface area (Å²) in [5.74, 6) is 1.33. The lowest BCUT2D eigenvalue weighted by atomic mass is 9.89. The van der Waals surface area contributed by atoms with E-state index in [1.54, 1.807) is 11.3 Å². The Morgan fingerprint density at radius 2 is 2.07 bits per heavy atom. The van der Waals surface area contributed by atoms with Gasteiger partial charge in [-0.2, -0.15) is 0 Å². The van der Waals surface area contributed by atoms with Crippen LogP contribution in [0.25, 0.3) is 0 Å². The van der Waals surface area contributed by atoms with Crippen molar-refractivity contribution in [2.24, 2.45) is 10.9 Å². The number of nitrogens with one attached hydrogen (secondary N) is 1. The zero-order chi connectivity index (χ0) is 19.9. The van der Waals surface area contributed by atoms with Crippen LogP contribution in [-0.4, -0.2) is 42.6 Å². The van der Waals surface area contributed by atoms with Gasteiger partial charge in [-0.25, -0.2) is 4.98 Å². The van der Waals surface area contributed by atoms with E-state index in [2.05, 4.69) is 65.7 Å². The summed E-state index contributed by atoms with van der Waals surface area (Å²) in [6.45, 7) is 9.48. The standard InChI is InChI=1S/C22H32N4OS.HI/c1-5-23-22(26(4)14-20-15-28-17(3)25-20)24-13-19-7-6-12-27-21(19)18-10-8-16(2)9-11-18;/h8-11,15,19,21H,5-7,12-14H2,1-4H3,(H,23,24);1H. The highest BCUT2D eigenvalue weighted by Crippen LogP contribution is 2.34. The van der Waals surface area contributed by atoms with Crippen molar-refractivity contribution in [1.29, 1.82) is 0 Å². The number of aliphatic imine (C=N–C) groups is 1. The second kappa shape index (κ2) is 11.9. The van der Waals surface area contributed by atoms with Gasteiger partial charge in [0.25, 0.3) is 0 Å². The van der Waals surface area contributed by atoms with E-state index < -0.39 is 0 Å². The first-order valence-corrected chi connectivity index (χ1v) is 11.0. The van der Waals surface area contributed by atoms with Gasteiger partial charge in [0.05, 0.1) is 23.4 Å². The molecule has 1 aromatic carbocycles. The van der Waals surface area contributed by atoms with Gasteiger partial charge in [-0.3, -0.25) is 4.99 Å². The molecule has 0 saturated carbocycles. The molecule has 29 heavy (non-hydrogen) atoms. The van der Waals surface area contributed by atoms with Crippen LogP contribution in [0.15, 0.2) is 34.6 Å². The molecule has 5 nitrogen and oxygen atoms in total. The second-order valence-electron chi connectivity index (χ2n) is 7.51. The summed E-state index contributed by atoms with van der Waals surface area (Å²) in [5.41, 5.74) is 3.64. The largest absolute Gasteiger partial charge is 0.373 e. The molecule has 0 aliphatic carbocycles. The van der Waals surface area contributed by atoms with E-state index in [1.165, 1.54) is 11.1 Å². The topological polar surface area (TPSA) is 49.8 Å². The number of benzene rings is 1. The average Bonchev–Trinajstić information content (AvgIpc) is 3.10. The van der Waals surface area contributed by atoms with Crippen LogP contribution in [0.2, 0.25) is 0 Å². The highest BCUT2D eigenvalue weighted by molar-refractivity contribution is 14.0. The summed E-state index contributed by atoms with van der Waals surface area (Å²) >= 11 is 1.69. The van der Waals surface area contributed by atoms with Crippen molar-refractivity contribution in [3.05, 3.63) is 51.5 Å². The van der Waals surface area contributed by atoms with Crippen molar-refractivity contribution >= 4 is 41.3 Å². The first-order valence-electron chi connectivity index (χ1n) is 10.2. The Labute approximate surface area is 196 Å². The maximum atomic E-state index is 6.16. The number of guanidine groups is 1. The molecule has 1 aliphatic heterocycles. The average molecular weight is 529 g/mol. The molecule has 2 aromatic rings. The molecule has 2 unspecified atom stereocenters. The third-order valence-electron chi connectivity index (χ3n) is 5.09. The highest BCUT2D eigenvalue weighted by atomic mass is 127. The molecule has 1 aromatic heterocycles. The minimum Gasteiger partial charge on any atom is -0.373 e. The first-order chi connectivity index (χ1) is 13.6. The van der Waals surface area contributed by atoms with Gasteiger partial charge in [-0.05, 0) is 39.2 Å². The van der Waals surface area contributed by atoms with Gasteiger partial charge >= 0.3 is 0 Å². The molecule has 1 aliphatic rings. The molecule has 160 valence electrons. The van der Waals surface area contributed by atoms with E-state index >= 15 is 0 Å². The summed E-state index contributed by atoms with van der Waals surface area (Å²) in [5, 5.41) is 6.65. The van der Waals surface area contributed by atoms with Crippen LogP contribution in [0.5, 0.6) is 0 Å². The zero-order valence-electron chi connectivity index (χ0n) is 17.9. The lowest BCUT2D eigenvalue weighted by Gasteiger charge is -2.32. The minimum absolute atomic E-state index is 0. The fourth-order valence-corrected chi connectivity index (χ4v) is 4.23. The smallest absolute Gasteiger partial charge is 0.194 e. The Morgan fingerprint density at radius 3 is 2.72 bits per heavy atom. The SMILES string of the molecule is CCNC(=NCC1CCCOC1c1ccc(C)cc1)N(C)Cc1csc(C)n1.I. The summed E-state index contributed by atoms with van der Waals surface area (Å²) in [6.07, 6.45) is 2.39. The van der Waals surface area contributed by atoms with Crippen molar-refractivity contribution in [1.82, 2.24) is 15.2 Å². The molecular formula is C22H33IN4OS. The first kappa shape index (κ1) is 24.1. The van der Waals surface area contributed by atoms with Gasteiger partial charge in [0.2, 0.25) is 0 Å². The summed E-state index contributed by atoms with van der Waals surface area (Å²) in [7, 11) is 2.07. The molecule has 1 saturated heterocycles. The van der Waals surface area contributed by atoms with E-state index in [1.807, 2.05) is 6.92 Å². The molecule has 3 rings (SSSR count). The van der Waals surface area contributed by atoms with Gasteiger partial charge in [0.1, 0.15) is 0 Å². The summed E-state index contributed by atoms with van der Waals surface area (Å²) < 4.78 is 6.16. The molecular weight excluding hydrogens is 495 g/mol. The third-order valence-corrected chi connectivity index (χ3v) is 5.91. The van der Waals surface area contributed by atoms with Crippen LogP contribution < -0.4 is 5.32 Å². The van der Waals surface area contributed by atoms with Gasteiger partial charge in [0.15, 0.2) is 5.96 Å². The number of aromatic nitrogens is 1. The van der Waals surface area contributed by atoms with Crippen LogP contribution in [0, 0.1) is 19.8 Å². The van der Waals surface area contributed by atoms with Crippen LogP contribution in [0.1, 0.15) is 47.7 Å². The molecule has 2 atom stereocenters. The molecule has 1 N–H and O–H groups in total. The second-order valence-corrected chi connectivity index (χ2v) is 8.58. The number of hydrogen-bond donors (Lipinski definition) is 1. The van der Waals surface area contributed by atoms with Crippen molar-refractivity contribution in [3.8, 4) is 0 Å². The Bertz CT molecular complexity index is 777. The maximum absolute atomic E-state index is 6.16. The third kappa shape index (κ3) is 6.93. The predicted molar refractivity (Wildman–Crippen MR) is 132 cm³/mol. The number of nitrogens with zero attached hydrogens (tertiary/aromatic N) is 3. The highest BCUT2D eigenvalue weighted by Gasteiger charge is 2.27. The van der Waals surface area contributed by atoms with Gasteiger partial charge in [-0.15, -0.1) is 35.3 Å². The van der Waals surface area contributed by atoms with Crippen molar-refractivity contribution in [2.75, 3.05) is 26.7 Å². The van der Waals surface area contributed by atoms with E-state index in [0.29, 0.717) is 5.92 Å². The normalized spacial score (nSPS) is 19.5. The van der Waals surface area contributed by atoms with Gasteiger partial charge < -0.3 is 15.0 Å². The van der Waals surface area contributed by atoms with Crippen LogP contribution in [-0.2, 0) is 11.3 Å². The summed E-state index contributed by atoms with van der Waals surface area (Å²) in [4.78, 5) is 11.7. The van der Waals surface area contributed by atoms with Crippen molar-refractivity contribution in [3.63, 3.8) is 0 Å². The number of halogens is 1. The molecule has 1 fully saturated rings. The van der Waals surface area contributed by atoms with E-state index in [-0.39, 0.29) is 30.1 Å². The minimum atomic E-state index is 0. The molecule has 0 spiro atoms. The lowest BCUT2D eigenvalue weighted by molar-refractivity contribution is -0.0250. The van der Waals surface area contributed by atoms with Crippen LogP contribution >= 0.6 is 35.3 Å². The Balaban J connectivity index is 0.00000300. The number of hydrogen-bond acceptors (Lipinski definition) is 4. The Hall–Kier alpha value is -1.19. The fourth-order valence-electron chi connectivity index (χ4n) is 3.63. The van der Waals surface area contributed by atoms with E-state index in [4.69, 9.17) is 9.73 Å². The van der Waals surface area contributed by atoms with Crippen molar-refractivity contribution < 1.29 is 4.74 Å². The number of thiazole rings is 1. The number of rotatable bonds is 6. The fraction of sp³-hybridized carbons (Fsp3) is 0.545. The van der Waals surface area contributed by atoms with Crippen molar-refractivity contribution in [2.45, 2.75) is 46.3 Å². The summed E-state index contributed by atoms with van der Waals surface area (Å²) in [6, 6.07) is 8.73. The molecule has 0 radical (unpaired) electrons. The number of ether oxygens (including phenoxy) is 1. The predicted octanol–water partition coefficient (Wildman–Crippen LogP) is 4.94. The van der Waals surface area contributed by atoms with E-state index in [9.17, 15) is 0 Å². The van der Waals surface area contributed by atoms with Crippen LogP contribution in [0.4, 0.5) is 0 Å². The van der Waals surface area contributed by atoms with E-state index in [0.717, 1.165) is 55.7 Å². The Kier molecular flexibility index (Phi) is 9.85. The van der Waals surface area contributed by atoms with Crippen LogP contribution in [0.3, 0.4) is 0 Å². The number of aryl methyl sites for hydroxylation is 2. The quantitative estimate of drug-likeness (QED) is 0.328. The molecule has 0 amide bonds. The Morgan fingerprint density at radius 1 is 1.31 bits per heavy atom. The zero-order valence-corrected chi connectivity index (χ0v) is 21.0. The monoisotopic (exact) mass is 528 g/mol. The molecule has 2 heterocycles.